The third kappa shape index (κ3) is 6.96. The van der Waals surface area contributed by atoms with Crippen molar-refractivity contribution in [3.8, 4) is 28.7 Å². The van der Waals surface area contributed by atoms with Crippen molar-refractivity contribution in [3.05, 3.63) is 77.8 Å². The second-order valence-electron chi connectivity index (χ2n) is 10.6. The van der Waals surface area contributed by atoms with Crippen LogP contribution in [0.2, 0.25) is 0 Å². The van der Waals surface area contributed by atoms with Crippen molar-refractivity contribution in [3.63, 3.8) is 0 Å². The van der Waals surface area contributed by atoms with E-state index in [0.29, 0.717) is 56.0 Å². The van der Waals surface area contributed by atoms with Crippen LogP contribution in [0, 0.1) is 11.3 Å². The number of nitrogens with zero attached hydrogens (tertiary/aromatic N) is 6. The molecule has 10 nitrogen and oxygen atoms in total. The number of ether oxygens (including phenoxy) is 2. The van der Waals surface area contributed by atoms with Gasteiger partial charge in [-0.2, -0.15) is 10.4 Å². The number of methoxy groups -OCH3 is 1. The number of nitriles is 1. The number of aliphatic hydroxyl groups is 1. The number of hydrogen-bond acceptors (Lipinski definition) is 8. The molecule has 1 amide bonds. The van der Waals surface area contributed by atoms with E-state index in [1.54, 1.807) is 30.2 Å². The highest BCUT2D eigenvalue weighted by Crippen LogP contribution is 2.31. The van der Waals surface area contributed by atoms with Crippen molar-refractivity contribution in [2.45, 2.75) is 32.8 Å². The van der Waals surface area contributed by atoms with Crippen LogP contribution in [-0.2, 0) is 4.79 Å². The molecule has 1 aliphatic heterocycles. The van der Waals surface area contributed by atoms with Gasteiger partial charge in [0, 0.05) is 43.5 Å². The fourth-order valence-corrected chi connectivity index (χ4v) is 5.41. The summed E-state index contributed by atoms with van der Waals surface area (Å²) in [5, 5.41) is 24.5. The first kappa shape index (κ1) is 29.6. The minimum atomic E-state index is -0.744. The molecule has 5 rings (SSSR count). The molecule has 0 bridgehead atoms. The summed E-state index contributed by atoms with van der Waals surface area (Å²) < 4.78 is 12.7. The van der Waals surface area contributed by atoms with E-state index in [-0.39, 0.29) is 12.3 Å². The Hall–Kier alpha value is -4.88. The highest BCUT2D eigenvalue weighted by molar-refractivity contribution is 5.85. The Kier molecular flexibility index (Phi) is 9.23. The Bertz CT molecular complexity index is 1650. The number of aliphatic hydroxyl groups excluding tert-OH is 1. The summed E-state index contributed by atoms with van der Waals surface area (Å²) in [7, 11) is 1.63. The molecule has 1 saturated heterocycles. The van der Waals surface area contributed by atoms with E-state index in [4.69, 9.17) is 14.5 Å². The average molecular weight is 581 g/mol. The molecule has 4 heterocycles. The lowest BCUT2D eigenvalue weighted by molar-refractivity contribution is -0.133. The summed E-state index contributed by atoms with van der Waals surface area (Å²) in [6.07, 6.45) is 6.89. The van der Waals surface area contributed by atoms with E-state index in [2.05, 4.69) is 16.1 Å². The molecule has 1 unspecified atom stereocenters. The number of anilines is 1. The van der Waals surface area contributed by atoms with Gasteiger partial charge < -0.3 is 24.4 Å². The number of benzene rings is 1. The average Bonchev–Trinajstić information content (AvgIpc) is 3.44. The van der Waals surface area contributed by atoms with Gasteiger partial charge in [0.25, 0.3) is 0 Å². The molecule has 1 aromatic carbocycles. The van der Waals surface area contributed by atoms with Gasteiger partial charge in [0.15, 0.2) is 0 Å². The number of piperazine rings is 1. The normalized spacial score (nSPS) is 14.4. The van der Waals surface area contributed by atoms with E-state index < -0.39 is 6.10 Å². The van der Waals surface area contributed by atoms with Crippen LogP contribution in [0.4, 0.5) is 5.82 Å². The smallest absolute Gasteiger partial charge is 0.225 e. The van der Waals surface area contributed by atoms with Crippen molar-refractivity contribution >= 4 is 23.3 Å². The highest BCUT2D eigenvalue weighted by atomic mass is 16.5. The van der Waals surface area contributed by atoms with Crippen molar-refractivity contribution in [2.75, 3.05) is 44.8 Å². The molecule has 4 aromatic rings. The van der Waals surface area contributed by atoms with Crippen molar-refractivity contribution < 1.29 is 19.4 Å². The summed E-state index contributed by atoms with van der Waals surface area (Å²) in [5.74, 6) is 2.22. The van der Waals surface area contributed by atoms with Crippen LogP contribution in [0.3, 0.4) is 0 Å². The van der Waals surface area contributed by atoms with Gasteiger partial charge in [-0.25, -0.2) is 9.50 Å². The van der Waals surface area contributed by atoms with Crippen LogP contribution in [0.15, 0.2) is 66.6 Å². The first-order valence-electron chi connectivity index (χ1n) is 14.4. The van der Waals surface area contributed by atoms with Crippen molar-refractivity contribution in [2.24, 2.45) is 0 Å². The third-order valence-electron chi connectivity index (χ3n) is 7.51. The lowest BCUT2D eigenvalue weighted by Gasteiger charge is -2.35. The fourth-order valence-electron chi connectivity index (χ4n) is 5.41. The summed E-state index contributed by atoms with van der Waals surface area (Å²) in [6, 6.07) is 15.8. The predicted octanol–water partition coefficient (Wildman–Crippen LogP) is 4.57. The van der Waals surface area contributed by atoms with Crippen molar-refractivity contribution in [1.29, 1.82) is 5.26 Å². The Labute approximate surface area is 251 Å². The molecule has 10 heteroatoms. The number of rotatable bonds is 10. The van der Waals surface area contributed by atoms with Gasteiger partial charge in [-0.3, -0.25) is 4.79 Å². The Balaban J connectivity index is 1.18. The Morgan fingerprint density at radius 2 is 1.93 bits per heavy atom. The lowest BCUT2D eigenvalue weighted by Crippen LogP contribution is -2.49. The van der Waals surface area contributed by atoms with Crippen LogP contribution in [0.25, 0.3) is 22.7 Å². The third-order valence-corrected chi connectivity index (χ3v) is 7.51. The van der Waals surface area contributed by atoms with Crippen LogP contribution < -0.4 is 14.4 Å². The van der Waals surface area contributed by atoms with Crippen LogP contribution in [0.1, 0.15) is 37.8 Å². The molecule has 0 aliphatic carbocycles. The number of fused-ring (bicyclic) bond motifs is 1. The van der Waals surface area contributed by atoms with Gasteiger partial charge in [0.2, 0.25) is 5.91 Å². The zero-order valence-corrected chi connectivity index (χ0v) is 24.7. The fraction of sp³-hybridized carbons (Fsp3) is 0.333. The van der Waals surface area contributed by atoms with Gasteiger partial charge in [-0.05, 0) is 56.2 Å². The Morgan fingerprint density at radius 3 is 2.63 bits per heavy atom. The zero-order chi connectivity index (χ0) is 30.3. The summed E-state index contributed by atoms with van der Waals surface area (Å²) >= 11 is 0. The highest BCUT2D eigenvalue weighted by Gasteiger charge is 2.24. The molecule has 0 spiro atoms. The molecule has 1 atom stereocenters. The van der Waals surface area contributed by atoms with E-state index in [1.165, 1.54) is 0 Å². The van der Waals surface area contributed by atoms with Gasteiger partial charge in [-0.15, -0.1) is 0 Å². The quantitative estimate of drug-likeness (QED) is 0.290. The number of pyridine rings is 2. The molecule has 0 saturated carbocycles. The predicted molar refractivity (Wildman–Crippen MR) is 165 cm³/mol. The molecule has 3 aromatic heterocycles. The van der Waals surface area contributed by atoms with Gasteiger partial charge in [0.1, 0.15) is 23.4 Å². The number of carbonyl (C=O) groups is 1. The van der Waals surface area contributed by atoms with Crippen LogP contribution in [-0.4, -0.2) is 76.5 Å². The minimum Gasteiger partial charge on any atom is -0.497 e. The largest absolute Gasteiger partial charge is 0.497 e. The number of carbonyl (C=O) groups excluding carboxylic acids is 1. The van der Waals surface area contributed by atoms with Crippen LogP contribution in [0.5, 0.6) is 11.5 Å². The van der Waals surface area contributed by atoms with Gasteiger partial charge in [0.05, 0.1) is 49.7 Å². The monoisotopic (exact) mass is 580 g/mol. The van der Waals surface area contributed by atoms with E-state index in [1.807, 2.05) is 67.3 Å². The molecular weight excluding hydrogens is 544 g/mol. The molecule has 222 valence electrons. The molecule has 1 aliphatic rings. The topological polar surface area (TPSA) is 116 Å². The maximum absolute atomic E-state index is 12.9. The molecule has 43 heavy (non-hydrogen) atoms. The standard InChI is InChI=1S/C33H36N6O4/c1-4-43-29-18-30(33-26(19-34)21-36-39(33)22-29)25-8-9-31(35-20-25)37-10-12-38(13-11-37)32(41)17-27(40)15-23(2)14-24-6-5-7-28(16-24)42-3/h5-9,14,16,18,20-22,27,40H,4,10-13,15,17H2,1-3H3/b23-14+. The zero-order valence-electron chi connectivity index (χ0n) is 24.7. The first-order valence-corrected chi connectivity index (χ1v) is 14.4. The summed E-state index contributed by atoms with van der Waals surface area (Å²) in [6.45, 7) is 6.81. The van der Waals surface area contributed by atoms with E-state index in [9.17, 15) is 15.2 Å². The summed E-state index contributed by atoms with van der Waals surface area (Å²) in [4.78, 5) is 21.6. The second-order valence-corrected chi connectivity index (χ2v) is 10.6. The minimum absolute atomic E-state index is 0.0445. The van der Waals surface area contributed by atoms with Gasteiger partial charge in [-0.1, -0.05) is 23.8 Å². The van der Waals surface area contributed by atoms with Crippen molar-refractivity contribution in [1.82, 2.24) is 19.5 Å². The number of amides is 1. The Morgan fingerprint density at radius 1 is 1.12 bits per heavy atom. The molecular formula is C33H36N6O4. The van der Waals surface area contributed by atoms with Crippen LogP contribution >= 0.6 is 0 Å². The molecule has 0 radical (unpaired) electrons. The van der Waals surface area contributed by atoms with E-state index in [0.717, 1.165) is 33.8 Å². The SMILES string of the molecule is CCOc1cc(-c2ccc(N3CCN(C(=O)CC(O)C/C(C)=C/c4cccc(OC)c4)CC3)nc2)c2c(C#N)cnn2c1. The lowest BCUT2D eigenvalue weighted by atomic mass is 10.0. The van der Waals surface area contributed by atoms with E-state index >= 15 is 0 Å². The molecule has 1 fully saturated rings. The van der Waals surface area contributed by atoms with Gasteiger partial charge >= 0.3 is 0 Å². The number of aromatic nitrogens is 3. The molecule has 1 N–H and O–H groups in total. The number of hydrogen-bond donors (Lipinski definition) is 1. The second kappa shape index (κ2) is 13.4. The maximum Gasteiger partial charge on any atom is 0.225 e. The first-order chi connectivity index (χ1) is 20.9. The summed E-state index contributed by atoms with van der Waals surface area (Å²) in [5.41, 5.74) is 4.86. The maximum atomic E-state index is 12.9.